The molecule has 0 spiro atoms. The number of hydrogen-bond acceptors (Lipinski definition) is 3. The minimum atomic E-state index is -0.155. The maximum absolute atomic E-state index is 9.54. The van der Waals surface area contributed by atoms with Crippen LogP contribution in [0.2, 0.25) is 0 Å². The Kier molecular flexibility index (Phi) is 7.15. The highest BCUT2D eigenvalue weighted by Crippen LogP contribution is 2.47. The van der Waals surface area contributed by atoms with Gasteiger partial charge in [0.25, 0.3) is 0 Å². The molecule has 3 nitrogen and oxygen atoms in total. The Morgan fingerprint density at radius 2 is 1.46 bits per heavy atom. The quantitative estimate of drug-likeness (QED) is 0.715. The highest BCUT2D eigenvalue weighted by molar-refractivity contribution is 5.47. The average Bonchev–Trinajstić information content (AvgIpc) is 2.62. The van der Waals surface area contributed by atoms with Crippen molar-refractivity contribution in [1.29, 1.82) is 0 Å². The van der Waals surface area contributed by atoms with Gasteiger partial charge in [0.05, 0.1) is 6.61 Å². The third-order valence-corrected chi connectivity index (χ3v) is 4.47. The molecule has 0 bridgehead atoms. The molecule has 0 saturated carbocycles. The summed E-state index contributed by atoms with van der Waals surface area (Å²) in [5, 5.41) is 19.0. The Labute approximate surface area is 145 Å². The molecular weight excluding hydrogens is 300 g/mol. The second kappa shape index (κ2) is 8.62. The van der Waals surface area contributed by atoms with Gasteiger partial charge in [0, 0.05) is 11.5 Å². The molecule has 1 heterocycles. The molecule has 2 atom stereocenters. The van der Waals surface area contributed by atoms with Crippen molar-refractivity contribution in [3.05, 3.63) is 53.6 Å². The molecule has 2 aromatic rings. The van der Waals surface area contributed by atoms with Crippen molar-refractivity contribution < 1.29 is 14.9 Å². The monoisotopic (exact) mass is 330 g/mol. The number of benzene rings is 2. The molecule has 3 rings (SSSR count). The lowest BCUT2D eigenvalue weighted by molar-refractivity contribution is 0.175. The molecule has 3 heteroatoms. The first-order valence-electron chi connectivity index (χ1n) is 8.76. The van der Waals surface area contributed by atoms with Crippen LogP contribution in [0.3, 0.4) is 0 Å². The predicted molar refractivity (Wildman–Crippen MR) is 100 cm³/mol. The minimum Gasteiger partial charge on any atom is -0.508 e. The Bertz CT molecular complexity index is 634. The van der Waals surface area contributed by atoms with Gasteiger partial charge in [-0.05, 0) is 35.2 Å². The van der Waals surface area contributed by atoms with Gasteiger partial charge in [-0.3, -0.25) is 0 Å². The molecule has 24 heavy (non-hydrogen) atoms. The Morgan fingerprint density at radius 1 is 0.917 bits per heavy atom. The number of aromatic hydroxyl groups is 2. The van der Waals surface area contributed by atoms with Crippen LogP contribution >= 0.6 is 0 Å². The van der Waals surface area contributed by atoms with Gasteiger partial charge in [0.2, 0.25) is 0 Å². The lowest BCUT2D eigenvalue weighted by Crippen LogP contribution is -2.39. The lowest BCUT2D eigenvalue weighted by Gasteiger charge is -2.41. The summed E-state index contributed by atoms with van der Waals surface area (Å²) in [6.07, 6.45) is 0. The van der Waals surface area contributed by atoms with Gasteiger partial charge in [0.15, 0.2) is 0 Å². The summed E-state index contributed by atoms with van der Waals surface area (Å²) in [7, 11) is 0. The van der Waals surface area contributed by atoms with Crippen molar-refractivity contribution in [3.63, 3.8) is 0 Å². The SMILES string of the molecule is CC.CC.CC1c2ccc(O)cc2OCC1(C)c1ccc(O)cc1. The molecule has 2 N–H and O–H groups in total. The zero-order valence-corrected chi connectivity index (χ0v) is 15.6. The molecule has 0 saturated heterocycles. The second-order valence-electron chi connectivity index (χ2n) is 5.70. The molecule has 132 valence electrons. The van der Waals surface area contributed by atoms with Gasteiger partial charge >= 0.3 is 0 Å². The van der Waals surface area contributed by atoms with Crippen LogP contribution in [0.4, 0.5) is 0 Å². The van der Waals surface area contributed by atoms with E-state index >= 15 is 0 Å². The van der Waals surface area contributed by atoms with Gasteiger partial charge in [-0.1, -0.05) is 59.7 Å². The largest absolute Gasteiger partial charge is 0.508 e. The Hall–Kier alpha value is -2.16. The summed E-state index contributed by atoms with van der Waals surface area (Å²) in [6.45, 7) is 12.9. The van der Waals surface area contributed by atoms with E-state index in [1.54, 1.807) is 24.3 Å². The van der Waals surface area contributed by atoms with E-state index in [4.69, 9.17) is 4.74 Å². The lowest BCUT2D eigenvalue weighted by atomic mass is 9.69. The van der Waals surface area contributed by atoms with Gasteiger partial charge < -0.3 is 14.9 Å². The summed E-state index contributed by atoms with van der Waals surface area (Å²) < 4.78 is 5.85. The molecular formula is C21H30O3. The zero-order chi connectivity index (χ0) is 18.3. The van der Waals surface area contributed by atoms with Crippen LogP contribution in [0.25, 0.3) is 0 Å². The highest BCUT2D eigenvalue weighted by Gasteiger charge is 2.39. The van der Waals surface area contributed by atoms with Crippen LogP contribution in [0.15, 0.2) is 42.5 Å². The third-order valence-electron chi connectivity index (χ3n) is 4.47. The van der Waals surface area contributed by atoms with Crippen LogP contribution in [-0.2, 0) is 5.41 Å². The minimum absolute atomic E-state index is 0.155. The predicted octanol–water partition coefficient (Wildman–Crippen LogP) is 5.60. The molecule has 1 aliphatic rings. The van der Waals surface area contributed by atoms with Gasteiger partial charge in [-0.15, -0.1) is 0 Å². The summed E-state index contributed by atoms with van der Waals surface area (Å²) in [6, 6.07) is 12.6. The van der Waals surface area contributed by atoms with Crippen molar-refractivity contribution in [2.75, 3.05) is 6.61 Å². The van der Waals surface area contributed by atoms with Gasteiger partial charge in [-0.25, -0.2) is 0 Å². The number of fused-ring (bicyclic) bond motifs is 1. The molecule has 0 amide bonds. The average molecular weight is 330 g/mol. The standard InChI is InChI=1S/C17H18O3.2C2H6/c1-11-15-8-7-14(19)9-16(15)20-10-17(11,2)12-3-5-13(18)6-4-12;2*1-2/h3-9,11,18-19H,10H2,1-2H3;2*1-2H3. The summed E-state index contributed by atoms with van der Waals surface area (Å²) >= 11 is 0. The van der Waals surface area contributed by atoms with E-state index in [9.17, 15) is 10.2 Å². The van der Waals surface area contributed by atoms with Crippen molar-refractivity contribution >= 4 is 0 Å². The van der Waals surface area contributed by atoms with Gasteiger partial charge in [0.1, 0.15) is 17.2 Å². The number of ether oxygens (including phenoxy) is 1. The first-order valence-corrected chi connectivity index (χ1v) is 8.76. The van der Waals surface area contributed by atoms with E-state index in [1.165, 1.54) is 0 Å². The number of phenols is 2. The molecule has 2 unspecified atom stereocenters. The molecule has 2 aromatic carbocycles. The summed E-state index contributed by atoms with van der Waals surface area (Å²) in [4.78, 5) is 0. The fourth-order valence-corrected chi connectivity index (χ4v) is 2.88. The Morgan fingerprint density at radius 3 is 2.04 bits per heavy atom. The van der Waals surface area contributed by atoms with E-state index in [0.29, 0.717) is 6.61 Å². The van der Waals surface area contributed by atoms with E-state index < -0.39 is 0 Å². The van der Waals surface area contributed by atoms with E-state index in [-0.39, 0.29) is 22.8 Å². The maximum atomic E-state index is 9.54. The van der Waals surface area contributed by atoms with Crippen LogP contribution in [0.1, 0.15) is 58.6 Å². The van der Waals surface area contributed by atoms with Crippen molar-refractivity contribution in [1.82, 2.24) is 0 Å². The summed E-state index contributed by atoms with van der Waals surface area (Å²) in [5.74, 6) is 1.52. The van der Waals surface area contributed by atoms with Crippen LogP contribution < -0.4 is 4.74 Å². The van der Waals surface area contributed by atoms with Crippen LogP contribution in [0.5, 0.6) is 17.2 Å². The molecule has 1 aliphatic heterocycles. The zero-order valence-electron chi connectivity index (χ0n) is 15.6. The second-order valence-corrected chi connectivity index (χ2v) is 5.70. The number of rotatable bonds is 1. The first kappa shape index (κ1) is 19.9. The molecule has 0 radical (unpaired) electrons. The van der Waals surface area contributed by atoms with Crippen LogP contribution in [-0.4, -0.2) is 16.8 Å². The smallest absolute Gasteiger partial charge is 0.126 e. The topological polar surface area (TPSA) is 49.7 Å². The van der Waals surface area contributed by atoms with Gasteiger partial charge in [-0.2, -0.15) is 0 Å². The van der Waals surface area contributed by atoms with E-state index in [2.05, 4.69) is 13.8 Å². The maximum Gasteiger partial charge on any atom is 0.126 e. The molecule has 0 aromatic heterocycles. The van der Waals surface area contributed by atoms with E-state index in [1.807, 2.05) is 45.9 Å². The number of phenolic OH excluding ortho intramolecular Hbond substituents is 2. The van der Waals surface area contributed by atoms with E-state index in [0.717, 1.165) is 16.9 Å². The fourth-order valence-electron chi connectivity index (χ4n) is 2.88. The van der Waals surface area contributed by atoms with Crippen molar-refractivity contribution in [3.8, 4) is 17.2 Å². The number of hydrogen-bond donors (Lipinski definition) is 2. The Balaban J connectivity index is 0.000000671. The van der Waals surface area contributed by atoms with Crippen molar-refractivity contribution in [2.24, 2.45) is 0 Å². The molecule has 0 fully saturated rings. The highest BCUT2D eigenvalue weighted by atomic mass is 16.5. The van der Waals surface area contributed by atoms with Crippen molar-refractivity contribution in [2.45, 2.75) is 52.9 Å². The molecule has 0 aliphatic carbocycles. The fraction of sp³-hybridized carbons (Fsp3) is 0.429. The summed E-state index contributed by atoms with van der Waals surface area (Å²) in [5.41, 5.74) is 2.09. The van der Waals surface area contributed by atoms with Crippen LogP contribution in [0, 0.1) is 0 Å². The normalized spacial score (nSPS) is 21.2. The third kappa shape index (κ3) is 3.84. The first-order chi connectivity index (χ1) is 11.5.